The van der Waals surface area contributed by atoms with Crippen molar-refractivity contribution in [2.75, 3.05) is 4.90 Å². The summed E-state index contributed by atoms with van der Waals surface area (Å²) in [6.45, 7) is 0. The number of benzene rings is 2. The minimum Gasteiger partial charge on any atom is -0.504 e. The van der Waals surface area contributed by atoms with E-state index in [0.29, 0.717) is 4.90 Å². The Morgan fingerprint density at radius 2 is 1.88 bits per heavy atom. The van der Waals surface area contributed by atoms with E-state index in [-0.39, 0.29) is 20.9 Å². The van der Waals surface area contributed by atoms with Gasteiger partial charge in [0.2, 0.25) is 10.0 Å². The molecule has 0 aliphatic heterocycles. The van der Waals surface area contributed by atoms with Crippen molar-refractivity contribution in [1.82, 2.24) is 0 Å². The maximum absolute atomic E-state index is 13.7. The number of nitrogens with zero attached hydrogens (tertiary/aromatic N) is 1. The Hall–Kier alpha value is -1.88. The molecule has 0 atom stereocenters. The number of carbonyl (C=O) groups is 1. The number of primary amides is 1. The van der Waals surface area contributed by atoms with Gasteiger partial charge in [0.25, 0.3) is 0 Å². The number of phenolic OH excluding ortho intramolecular Hbond substituents is 1. The zero-order chi connectivity index (χ0) is 18.2. The lowest BCUT2D eigenvalue weighted by Crippen LogP contribution is -2.32. The summed E-state index contributed by atoms with van der Waals surface area (Å²) in [5, 5.41) is 14.9. The Morgan fingerprint density at radius 1 is 1.25 bits per heavy atom. The average molecular weight is 439 g/mol. The maximum Gasteiger partial charge on any atom is 0.324 e. The normalized spacial score (nSPS) is 11.3. The van der Waals surface area contributed by atoms with Gasteiger partial charge in [0.1, 0.15) is 10.7 Å². The van der Waals surface area contributed by atoms with Crippen LogP contribution in [0.4, 0.5) is 20.6 Å². The van der Waals surface area contributed by atoms with Crippen molar-refractivity contribution < 1.29 is 22.7 Å². The quantitative estimate of drug-likeness (QED) is 0.681. The molecule has 2 rings (SSSR count). The molecule has 2 amide bonds. The minimum absolute atomic E-state index is 0.0551. The highest BCUT2D eigenvalue weighted by Gasteiger charge is 2.28. The molecule has 2 aromatic carbocycles. The highest BCUT2D eigenvalue weighted by Crippen LogP contribution is 2.42. The zero-order valence-electron chi connectivity index (χ0n) is 11.7. The van der Waals surface area contributed by atoms with Crippen LogP contribution in [0.15, 0.2) is 39.7 Å². The Morgan fingerprint density at radius 3 is 2.42 bits per heavy atom. The number of sulfonamides is 1. The van der Waals surface area contributed by atoms with Crippen molar-refractivity contribution in [3.05, 3.63) is 45.6 Å². The summed E-state index contributed by atoms with van der Waals surface area (Å²) < 4.78 is 36.8. The largest absolute Gasteiger partial charge is 0.504 e. The number of nitrogens with two attached hydrogens (primary N) is 2. The van der Waals surface area contributed by atoms with Gasteiger partial charge in [0.05, 0.1) is 20.9 Å². The molecule has 128 valence electrons. The third-order valence-corrected chi connectivity index (χ3v) is 5.17. The molecule has 0 fully saturated rings. The third kappa shape index (κ3) is 3.31. The molecule has 0 saturated carbocycles. The summed E-state index contributed by atoms with van der Waals surface area (Å²) in [5.74, 6) is -1.58. The van der Waals surface area contributed by atoms with Crippen LogP contribution in [-0.2, 0) is 10.0 Å². The Balaban J connectivity index is 2.80. The lowest BCUT2D eigenvalue weighted by molar-refractivity contribution is 0.256. The number of rotatable bonds is 3. The van der Waals surface area contributed by atoms with Gasteiger partial charge in [-0.2, -0.15) is 0 Å². The first kappa shape index (κ1) is 18.5. The van der Waals surface area contributed by atoms with Crippen LogP contribution in [0.25, 0.3) is 0 Å². The first-order valence-corrected chi connectivity index (χ1v) is 8.85. The van der Waals surface area contributed by atoms with E-state index >= 15 is 0 Å². The summed E-state index contributed by atoms with van der Waals surface area (Å²) in [6, 6.07) is 4.93. The van der Waals surface area contributed by atoms with Crippen molar-refractivity contribution in [3.63, 3.8) is 0 Å². The van der Waals surface area contributed by atoms with Crippen LogP contribution < -0.4 is 15.8 Å². The summed E-state index contributed by atoms with van der Waals surface area (Å²) in [4.78, 5) is 11.8. The van der Waals surface area contributed by atoms with Crippen LogP contribution >= 0.6 is 27.5 Å². The number of amides is 2. The highest BCUT2D eigenvalue weighted by atomic mass is 79.9. The van der Waals surface area contributed by atoms with E-state index in [0.717, 1.165) is 18.2 Å². The molecular weight excluding hydrogens is 429 g/mol. The van der Waals surface area contributed by atoms with Crippen molar-refractivity contribution in [3.8, 4) is 5.75 Å². The highest BCUT2D eigenvalue weighted by molar-refractivity contribution is 9.10. The fourth-order valence-corrected chi connectivity index (χ4v) is 3.65. The molecule has 0 spiro atoms. The number of anilines is 2. The minimum atomic E-state index is -4.39. The van der Waals surface area contributed by atoms with Crippen LogP contribution in [0.3, 0.4) is 0 Å². The van der Waals surface area contributed by atoms with Crippen LogP contribution in [0.5, 0.6) is 5.75 Å². The van der Waals surface area contributed by atoms with Crippen LogP contribution in [-0.4, -0.2) is 19.6 Å². The zero-order valence-corrected chi connectivity index (χ0v) is 14.9. The van der Waals surface area contributed by atoms with Gasteiger partial charge in [0, 0.05) is 0 Å². The molecule has 0 bridgehead atoms. The molecule has 7 nitrogen and oxygen atoms in total. The van der Waals surface area contributed by atoms with E-state index in [2.05, 4.69) is 15.9 Å². The van der Waals surface area contributed by atoms with E-state index in [9.17, 15) is 22.7 Å². The Labute approximate surface area is 149 Å². The number of hydrogen-bond acceptors (Lipinski definition) is 4. The summed E-state index contributed by atoms with van der Waals surface area (Å²) in [7, 11) is -4.39. The van der Waals surface area contributed by atoms with E-state index in [4.69, 9.17) is 22.5 Å². The monoisotopic (exact) mass is 437 g/mol. The fourth-order valence-electron chi connectivity index (χ4n) is 2.02. The predicted octanol–water partition coefficient (Wildman–Crippen LogP) is 2.81. The Kier molecular flexibility index (Phi) is 5.04. The van der Waals surface area contributed by atoms with Gasteiger partial charge in [-0.1, -0.05) is 17.7 Å². The number of urea groups is 1. The second-order valence-corrected chi connectivity index (χ2v) is 7.23. The van der Waals surface area contributed by atoms with Crippen molar-refractivity contribution >= 4 is 55.0 Å². The lowest BCUT2D eigenvalue weighted by atomic mass is 10.2. The summed E-state index contributed by atoms with van der Waals surface area (Å²) >= 11 is 8.72. The average Bonchev–Trinajstić information content (AvgIpc) is 2.44. The molecule has 0 unspecified atom stereocenters. The second kappa shape index (κ2) is 6.55. The number of aromatic hydroxyl groups is 1. The van der Waals surface area contributed by atoms with Gasteiger partial charge >= 0.3 is 6.03 Å². The van der Waals surface area contributed by atoms with Gasteiger partial charge in [-0.25, -0.2) is 22.7 Å². The standard InChI is InChI=1S/C13H10BrClFN3O4S/c14-10-7(16)2-1-3-8(10)19(13(17)21)9-5-4-6(15)12(11(9)20)24(18,22)23/h1-5,20H,(H2,17,21)(H2,18,22,23). The molecule has 24 heavy (non-hydrogen) atoms. The topological polar surface area (TPSA) is 127 Å². The molecule has 11 heteroatoms. The first-order valence-electron chi connectivity index (χ1n) is 6.13. The van der Waals surface area contributed by atoms with Crippen molar-refractivity contribution in [2.24, 2.45) is 10.9 Å². The summed E-state index contributed by atoms with van der Waals surface area (Å²) in [5.41, 5.74) is 4.92. The SMILES string of the molecule is NC(=O)N(c1ccc(Cl)c(S(N)(=O)=O)c1O)c1cccc(F)c1Br. The summed E-state index contributed by atoms with van der Waals surface area (Å²) in [6.07, 6.45) is 0. The van der Waals surface area contributed by atoms with Gasteiger partial charge < -0.3 is 10.8 Å². The fraction of sp³-hybridized carbons (Fsp3) is 0. The lowest BCUT2D eigenvalue weighted by Gasteiger charge is -2.24. The molecule has 5 N–H and O–H groups in total. The number of primary sulfonamides is 1. The molecular formula is C13H10BrClFN3O4S. The molecule has 0 radical (unpaired) electrons. The molecule has 0 aliphatic rings. The number of hydrogen-bond donors (Lipinski definition) is 3. The Bertz CT molecular complexity index is 939. The number of phenols is 1. The van der Waals surface area contributed by atoms with E-state index in [1.165, 1.54) is 12.1 Å². The van der Waals surface area contributed by atoms with E-state index in [1.807, 2.05) is 0 Å². The third-order valence-electron chi connectivity index (χ3n) is 2.98. The molecule has 0 aromatic heterocycles. The molecule has 0 aliphatic carbocycles. The van der Waals surface area contributed by atoms with Crippen molar-refractivity contribution in [1.29, 1.82) is 0 Å². The second-order valence-electron chi connectivity index (χ2n) is 4.54. The maximum atomic E-state index is 13.7. The molecule has 0 heterocycles. The molecule has 2 aromatic rings. The smallest absolute Gasteiger partial charge is 0.324 e. The first-order chi connectivity index (χ1) is 11.1. The van der Waals surface area contributed by atoms with Gasteiger partial charge in [-0.3, -0.25) is 4.90 Å². The van der Waals surface area contributed by atoms with Crippen LogP contribution in [0.1, 0.15) is 0 Å². The van der Waals surface area contributed by atoms with Gasteiger partial charge in [0.15, 0.2) is 5.75 Å². The van der Waals surface area contributed by atoms with E-state index in [1.54, 1.807) is 0 Å². The predicted molar refractivity (Wildman–Crippen MR) is 90.3 cm³/mol. The van der Waals surface area contributed by atoms with Gasteiger partial charge in [-0.05, 0) is 40.2 Å². The molecule has 0 saturated heterocycles. The van der Waals surface area contributed by atoms with Crippen molar-refractivity contribution in [2.45, 2.75) is 4.90 Å². The van der Waals surface area contributed by atoms with Crippen LogP contribution in [0, 0.1) is 5.82 Å². The number of carbonyl (C=O) groups excluding carboxylic acids is 1. The van der Waals surface area contributed by atoms with Gasteiger partial charge in [-0.15, -0.1) is 0 Å². The van der Waals surface area contributed by atoms with E-state index < -0.39 is 32.5 Å². The van der Waals surface area contributed by atoms with Crippen LogP contribution in [0.2, 0.25) is 5.02 Å². The number of halogens is 3.